The average molecular weight is 408 g/mol. The molecule has 0 aliphatic heterocycles. The second kappa shape index (κ2) is 7.81. The zero-order valence-corrected chi connectivity index (χ0v) is 16.4. The molecular formula is C22H16O6S. The highest BCUT2D eigenvalue weighted by atomic mass is 32.1. The maximum atomic E-state index is 12.6. The number of rotatable bonds is 5. The number of ether oxygens (including phenoxy) is 3. The molecule has 0 aliphatic carbocycles. The normalized spacial score (nSPS) is 10.7. The lowest BCUT2D eigenvalue weighted by Crippen LogP contribution is -2.07. The zero-order valence-electron chi connectivity index (χ0n) is 15.6. The molecule has 2 aromatic carbocycles. The van der Waals surface area contributed by atoms with E-state index in [4.69, 9.17) is 18.6 Å². The van der Waals surface area contributed by atoms with Crippen LogP contribution in [-0.4, -0.2) is 20.2 Å². The van der Waals surface area contributed by atoms with Gasteiger partial charge in [0.05, 0.1) is 19.8 Å². The van der Waals surface area contributed by atoms with Crippen molar-refractivity contribution < 1.29 is 23.4 Å². The van der Waals surface area contributed by atoms with Gasteiger partial charge in [-0.25, -0.2) is 9.59 Å². The van der Waals surface area contributed by atoms with Gasteiger partial charge >= 0.3 is 11.6 Å². The number of carbonyl (C=O) groups is 1. The number of methoxy groups -OCH3 is 2. The number of fused-ring (bicyclic) bond motifs is 1. The van der Waals surface area contributed by atoms with Crippen molar-refractivity contribution in [1.29, 1.82) is 0 Å². The lowest BCUT2D eigenvalue weighted by atomic mass is 10.0. The summed E-state index contributed by atoms with van der Waals surface area (Å²) in [6, 6.07) is 15.3. The van der Waals surface area contributed by atoms with Gasteiger partial charge in [0, 0.05) is 23.1 Å². The molecule has 2 aromatic heterocycles. The summed E-state index contributed by atoms with van der Waals surface area (Å²) in [4.78, 5) is 25.2. The Labute approximate surface area is 169 Å². The van der Waals surface area contributed by atoms with Crippen molar-refractivity contribution in [2.24, 2.45) is 0 Å². The SMILES string of the molecule is COc1ccc(-c2cc3ccc(OC(=O)c4cccs4)cc3oc2=O)c(OC)c1. The predicted octanol–water partition coefficient (Wildman–Crippen LogP) is 4.76. The number of thiophene rings is 1. The summed E-state index contributed by atoms with van der Waals surface area (Å²) in [6.07, 6.45) is 0. The van der Waals surface area contributed by atoms with E-state index in [9.17, 15) is 9.59 Å². The molecular weight excluding hydrogens is 392 g/mol. The third kappa shape index (κ3) is 3.72. The van der Waals surface area contributed by atoms with Gasteiger partial charge in [0.2, 0.25) is 0 Å². The summed E-state index contributed by atoms with van der Waals surface area (Å²) < 4.78 is 21.4. The van der Waals surface area contributed by atoms with Gasteiger partial charge in [-0.2, -0.15) is 0 Å². The first-order valence-corrected chi connectivity index (χ1v) is 9.53. The van der Waals surface area contributed by atoms with E-state index in [0.717, 1.165) is 0 Å². The van der Waals surface area contributed by atoms with Crippen molar-refractivity contribution in [3.63, 3.8) is 0 Å². The number of benzene rings is 2. The maximum absolute atomic E-state index is 12.6. The second-order valence-electron chi connectivity index (χ2n) is 6.08. The third-order valence-electron chi connectivity index (χ3n) is 4.34. The molecule has 0 aliphatic rings. The largest absolute Gasteiger partial charge is 0.497 e. The van der Waals surface area contributed by atoms with Gasteiger partial charge in [0.25, 0.3) is 0 Å². The van der Waals surface area contributed by atoms with Crippen LogP contribution in [0, 0.1) is 0 Å². The number of hydrogen-bond acceptors (Lipinski definition) is 7. The Kier molecular flexibility index (Phi) is 5.05. The molecule has 7 heteroatoms. The summed E-state index contributed by atoms with van der Waals surface area (Å²) in [6.45, 7) is 0. The Balaban J connectivity index is 1.71. The van der Waals surface area contributed by atoms with E-state index in [-0.39, 0.29) is 0 Å². The quantitative estimate of drug-likeness (QED) is 0.269. The molecule has 0 radical (unpaired) electrons. The molecule has 0 saturated carbocycles. The van der Waals surface area contributed by atoms with E-state index < -0.39 is 11.6 Å². The second-order valence-corrected chi connectivity index (χ2v) is 7.03. The van der Waals surface area contributed by atoms with E-state index in [1.807, 2.05) is 0 Å². The molecule has 0 amide bonds. The monoisotopic (exact) mass is 408 g/mol. The van der Waals surface area contributed by atoms with Crippen LogP contribution in [0.4, 0.5) is 0 Å². The van der Waals surface area contributed by atoms with Crippen molar-refractivity contribution in [2.45, 2.75) is 0 Å². The van der Waals surface area contributed by atoms with E-state index in [0.29, 0.717) is 44.2 Å². The molecule has 0 atom stereocenters. The predicted molar refractivity (Wildman–Crippen MR) is 110 cm³/mol. The molecule has 4 rings (SSSR count). The minimum Gasteiger partial charge on any atom is -0.497 e. The topological polar surface area (TPSA) is 75.0 Å². The van der Waals surface area contributed by atoms with E-state index in [2.05, 4.69) is 0 Å². The van der Waals surface area contributed by atoms with Crippen LogP contribution in [0.5, 0.6) is 17.2 Å². The maximum Gasteiger partial charge on any atom is 0.353 e. The molecule has 0 fully saturated rings. The summed E-state index contributed by atoms with van der Waals surface area (Å²) in [5.41, 5.74) is 0.753. The lowest BCUT2D eigenvalue weighted by molar-refractivity contribution is 0.0740. The van der Waals surface area contributed by atoms with Crippen molar-refractivity contribution in [1.82, 2.24) is 0 Å². The van der Waals surface area contributed by atoms with Crippen LogP contribution < -0.4 is 19.8 Å². The smallest absolute Gasteiger partial charge is 0.353 e. The van der Waals surface area contributed by atoms with Crippen molar-refractivity contribution in [3.05, 3.63) is 75.3 Å². The Bertz CT molecular complexity index is 1240. The van der Waals surface area contributed by atoms with E-state index >= 15 is 0 Å². The van der Waals surface area contributed by atoms with Crippen LogP contribution in [0.2, 0.25) is 0 Å². The van der Waals surface area contributed by atoms with Crippen molar-refractivity contribution >= 4 is 28.3 Å². The number of carbonyl (C=O) groups excluding carboxylic acids is 1. The molecule has 0 unspecified atom stereocenters. The molecule has 0 bridgehead atoms. The van der Waals surface area contributed by atoms with Gasteiger partial charge < -0.3 is 18.6 Å². The minimum atomic E-state index is -0.525. The van der Waals surface area contributed by atoms with Gasteiger partial charge in [-0.1, -0.05) is 6.07 Å². The Morgan fingerprint density at radius 1 is 0.931 bits per heavy atom. The fourth-order valence-electron chi connectivity index (χ4n) is 2.92. The molecule has 0 N–H and O–H groups in total. The summed E-state index contributed by atoms with van der Waals surface area (Å²) in [7, 11) is 3.08. The highest BCUT2D eigenvalue weighted by Crippen LogP contribution is 2.33. The summed E-state index contributed by atoms with van der Waals surface area (Å²) in [5, 5.41) is 2.48. The first-order chi connectivity index (χ1) is 14.1. The van der Waals surface area contributed by atoms with Crippen LogP contribution in [-0.2, 0) is 0 Å². The van der Waals surface area contributed by atoms with Crippen LogP contribution >= 0.6 is 11.3 Å². The number of esters is 1. The van der Waals surface area contributed by atoms with Gasteiger partial charge in [0.15, 0.2) is 0 Å². The molecule has 0 saturated heterocycles. The molecule has 6 nitrogen and oxygen atoms in total. The highest BCUT2D eigenvalue weighted by Gasteiger charge is 2.15. The standard InChI is InChI=1S/C22H16O6S/c1-25-14-7-8-16(19(11-14)26-2)17-10-13-5-6-15(12-18(13)28-21(17)23)27-22(24)20-4-3-9-29-20/h3-12H,1-2H3. The van der Waals surface area contributed by atoms with Gasteiger partial charge in [-0.15, -0.1) is 11.3 Å². The molecule has 146 valence electrons. The fraction of sp³-hybridized carbons (Fsp3) is 0.0909. The first-order valence-electron chi connectivity index (χ1n) is 8.65. The molecule has 4 aromatic rings. The van der Waals surface area contributed by atoms with Crippen LogP contribution in [0.15, 0.2) is 69.2 Å². The van der Waals surface area contributed by atoms with Crippen molar-refractivity contribution in [2.75, 3.05) is 14.2 Å². The zero-order chi connectivity index (χ0) is 20.4. The fourth-order valence-corrected chi connectivity index (χ4v) is 3.51. The van der Waals surface area contributed by atoms with Crippen LogP contribution in [0.1, 0.15) is 9.67 Å². The average Bonchev–Trinajstić information content (AvgIpc) is 3.28. The molecule has 29 heavy (non-hydrogen) atoms. The third-order valence-corrected chi connectivity index (χ3v) is 5.19. The Morgan fingerprint density at radius 2 is 1.76 bits per heavy atom. The Hall–Kier alpha value is -3.58. The van der Waals surface area contributed by atoms with E-state index in [1.165, 1.54) is 24.5 Å². The van der Waals surface area contributed by atoms with E-state index in [1.54, 1.807) is 61.0 Å². The van der Waals surface area contributed by atoms with Crippen LogP contribution in [0.25, 0.3) is 22.1 Å². The van der Waals surface area contributed by atoms with Crippen molar-refractivity contribution in [3.8, 4) is 28.4 Å². The minimum absolute atomic E-state index is 0.300. The van der Waals surface area contributed by atoms with Gasteiger partial charge in [0.1, 0.15) is 27.7 Å². The Morgan fingerprint density at radius 3 is 2.48 bits per heavy atom. The summed E-state index contributed by atoms with van der Waals surface area (Å²) in [5.74, 6) is 0.959. The molecule has 0 spiro atoms. The van der Waals surface area contributed by atoms with Gasteiger partial charge in [-0.3, -0.25) is 0 Å². The summed E-state index contributed by atoms with van der Waals surface area (Å²) >= 11 is 1.29. The van der Waals surface area contributed by atoms with Gasteiger partial charge in [-0.05, 0) is 41.8 Å². The number of hydrogen-bond donors (Lipinski definition) is 0. The first kappa shape index (κ1) is 18.8. The molecule has 2 heterocycles. The van der Waals surface area contributed by atoms with Crippen LogP contribution in [0.3, 0.4) is 0 Å². The lowest BCUT2D eigenvalue weighted by Gasteiger charge is -2.10. The highest BCUT2D eigenvalue weighted by molar-refractivity contribution is 7.12.